The third-order valence-corrected chi connectivity index (χ3v) is 5.20. The molecular formula is C16H22N4. The molecule has 4 bridgehead atoms. The molecule has 2 unspecified atom stereocenters. The molecule has 4 heteroatoms. The van der Waals surface area contributed by atoms with Crippen molar-refractivity contribution >= 4 is 5.71 Å². The Labute approximate surface area is 120 Å². The summed E-state index contributed by atoms with van der Waals surface area (Å²) < 4.78 is 0. The molecule has 4 saturated heterocycles. The van der Waals surface area contributed by atoms with E-state index in [9.17, 15) is 0 Å². The molecule has 1 aromatic rings. The fourth-order valence-corrected chi connectivity index (χ4v) is 4.54. The minimum absolute atomic E-state index is 0.133. The molecule has 2 atom stereocenters. The van der Waals surface area contributed by atoms with Crippen molar-refractivity contribution in [1.29, 1.82) is 0 Å². The number of piperidine rings is 2. The smallest absolute Gasteiger partial charge is 0.0522 e. The molecule has 4 aliphatic heterocycles. The summed E-state index contributed by atoms with van der Waals surface area (Å²) in [7, 11) is 0. The van der Waals surface area contributed by atoms with Gasteiger partial charge in [0.1, 0.15) is 0 Å². The van der Waals surface area contributed by atoms with Crippen molar-refractivity contribution in [3.8, 4) is 0 Å². The van der Waals surface area contributed by atoms with E-state index in [2.05, 4.69) is 45.2 Å². The van der Waals surface area contributed by atoms with Crippen LogP contribution in [0.5, 0.6) is 0 Å². The average molecular weight is 270 g/mol. The van der Waals surface area contributed by atoms with Crippen molar-refractivity contribution in [2.45, 2.75) is 6.42 Å². The van der Waals surface area contributed by atoms with Crippen molar-refractivity contribution in [2.24, 2.45) is 22.3 Å². The van der Waals surface area contributed by atoms with E-state index in [4.69, 9.17) is 5.84 Å². The molecular weight excluding hydrogens is 248 g/mol. The molecule has 0 spiro atoms. The Hall–Kier alpha value is -1.39. The highest BCUT2D eigenvalue weighted by Gasteiger charge is 2.51. The minimum Gasteiger partial charge on any atom is -0.323 e. The first-order valence-electron chi connectivity index (χ1n) is 7.56. The van der Waals surface area contributed by atoms with Crippen LogP contribution in [0.1, 0.15) is 5.56 Å². The zero-order chi connectivity index (χ0) is 13.6. The maximum Gasteiger partial charge on any atom is 0.0522 e. The van der Waals surface area contributed by atoms with Gasteiger partial charge in [-0.3, -0.25) is 0 Å². The van der Waals surface area contributed by atoms with Crippen LogP contribution in [-0.4, -0.2) is 54.8 Å². The molecule has 2 N–H and O–H groups in total. The topological polar surface area (TPSA) is 44.9 Å². The molecule has 5 rings (SSSR count). The molecule has 4 heterocycles. The summed E-state index contributed by atoms with van der Waals surface area (Å²) >= 11 is 0. The predicted octanol–water partition coefficient (Wildman–Crippen LogP) is 0.791. The SMILES string of the molecule is N/N=C1/C2CN3CCN(C2)CC1(Cc1ccccc1)C3. The monoisotopic (exact) mass is 270 g/mol. The van der Waals surface area contributed by atoms with Crippen molar-refractivity contribution in [2.75, 3.05) is 39.3 Å². The van der Waals surface area contributed by atoms with Crippen molar-refractivity contribution in [3.05, 3.63) is 35.9 Å². The van der Waals surface area contributed by atoms with Gasteiger partial charge >= 0.3 is 0 Å². The molecule has 0 aromatic heterocycles. The van der Waals surface area contributed by atoms with E-state index in [1.165, 1.54) is 24.4 Å². The summed E-state index contributed by atoms with van der Waals surface area (Å²) in [6.45, 7) is 6.91. The first kappa shape index (κ1) is 12.4. The van der Waals surface area contributed by atoms with Crippen molar-refractivity contribution in [3.63, 3.8) is 0 Å². The molecule has 4 nitrogen and oxygen atoms in total. The number of hydrogen-bond acceptors (Lipinski definition) is 4. The third kappa shape index (κ3) is 1.86. The van der Waals surface area contributed by atoms with E-state index < -0.39 is 0 Å². The van der Waals surface area contributed by atoms with Crippen LogP contribution in [0.25, 0.3) is 0 Å². The minimum atomic E-state index is 0.133. The number of nitrogens with two attached hydrogens (primary N) is 1. The van der Waals surface area contributed by atoms with Crippen LogP contribution in [0.3, 0.4) is 0 Å². The third-order valence-electron chi connectivity index (χ3n) is 5.20. The van der Waals surface area contributed by atoms with Gasteiger partial charge in [-0.1, -0.05) is 30.3 Å². The van der Waals surface area contributed by atoms with E-state index in [-0.39, 0.29) is 5.41 Å². The van der Waals surface area contributed by atoms with Gasteiger partial charge in [0.05, 0.1) is 5.71 Å². The Kier molecular flexibility index (Phi) is 2.82. The molecule has 1 aromatic carbocycles. The van der Waals surface area contributed by atoms with Gasteiger partial charge in [0.25, 0.3) is 0 Å². The maximum absolute atomic E-state index is 5.79. The zero-order valence-electron chi connectivity index (χ0n) is 11.8. The normalized spacial score (nSPS) is 41.0. The van der Waals surface area contributed by atoms with E-state index in [1.54, 1.807) is 0 Å². The van der Waals surface area contributed by atoms with Gasteiger partial charge in [-0.25, -0.2) is 0 Å². The van der Waals surface area contributed by atoms with E-state index >= 15 is 0 Å². The number of nitrogens with zero attached hydrogens (tertiary/aromatic N) is 3. The van der Waals surface area contributed by atoms with E-state index in [0.29, 0.717) is 5.92 Å². The van der Waals surface area contributed by atoms with Gasteiger partial charge in [-0.15, -0.1) is 0 Å². The lowest BCUT2D eigenvalue weighted by Crippen LogP contribution is -2.62. The van der Waals surface area contributed by atoms with Gasteiger partial charge in [0, 0.05) is 50.6 Å². The molecule has 0 amide bonds. The highest BCUT2D eigenvalue weighted by atomic mass is 15.3. The zero-order valence-corrected chi connectivity index (χ0v) is 11.8. The number of hydrazone groups is 1. The van der Waals surface area contributed by atoms with E-state index in [0.717, 1.165) is 32.6 Å². The molecule has 20 heavy (non-hydrogen) atoms. The number of benzene rings is 1. The summed E-state index contributed by atoms with van der Waals surface area (Å²) in [5.74, 6) is 6.33. The van der Waals surface area contributed by atoms with E-state index in [1.807, 2.05) is 0 Å². The largest absolute Gasteiger partial charge is 0.323 e. The van der Waals surface area contributed by atoms with Crippen LogP contribution in [-0.2, 0) is 6.42 Å². The van der Waals surface area contributed by atoms with Crippen LogP contribution in [0.2, 0.25) is 0 Å². The van der Waals surface area contributed by atoms with Crippen LogP contribution in [0.4, 0.5) is 0 Å². The maximum atomic E-state index is 5.79. The highest BCUT2D eigenvalue weighted by Crippen LogP contribution is 2.40. The lowest BCUT2D eigenvalue weighted by molar-refractivity contribution is 0.117. The van der Waals surface area contributed by atoms with Crippen LogP contribution in [0, 0.1) is 11.3 Å². The summed E-state index contributed by atoms with van der Waals surface area (Å²) in [5.41, 5.74) is 2.81. The first-order valence-corrected chi connectivity index (χ1v) is 7.56. The fourth-order valence-electron chi connectivity index (χ4n) is 4.54. The quantitative estimate of drug-likeness (QED) is 0.638. The van der Waals surface area contributed by atoms with Gasteiger partial charge in [0.2, 0.25) is 0 Å². The lowest BCUT2D eigenvalue weighted by Gasteiger charge is -2.50. The molecule has 4 aliphatic rings. The highest BCUT2D eigenvalue weighted by molar-refractivity contribution is 5.94. The van der Waals surface area contributed by atoms with Gasteiger partial charge in [0.15, 0.2) is 0 Å². The summed E-state index contributed by atoms with van der Waals surface area (Å²) in [5, 5.41) is 4.26. The first-order chi connectivity index (χ1) is 9.79. The Morgan fingerprint density at radius 3 is 2.35 bits per heavy atom. The predicted molar refractivity (Wildman–Crippen MR) is 80.6 cm³/mol. The Morgan fingerprint density at radius 2 is 1.75 bits per heavy atom. The summed E-state index contributed by atoms with van der Waals surface area (Å²) in [4.78, 5) is 5.24. The van der Waals surface area contributed by atoms with Crippen LogP contribution in [0.15, 0.2) is 35.4 Å². The molecule has 0 aliphatic carbocycles. The molecule has 0 radical (unpaired) electrons. The Bertz CT molecular complexity index is 509. The molecule has 4 fully saturated rings. The standard InChI is InChI=1S/C16H22N4/c17-18-15-14-9-19-6-7-20(10-14)12-16(15,11-19)8-13-4-2-1-3-5-13/h1-5,14H,6-12,17H2/b18-15-. The average Bonchev–Trinajstić information content (AvgIpc) is 2.68. The fraction of sp³-hybridized carbons (Fsp3) is 0.562. The lowest BCUT2D eigenvalue weighted by atomic mass is 9.67. The number of rotatable bonds is 2. The second-order valence-electron chi connectivity index (χ2n) is 6.62. The second-order valence-corrected chi connectivity index (χ2v) is 6.62. The van der Waals surface area contributed by atoms with Crippen molar-refractivity contribution in [1.82, 2.24) is 9.80 Å². The van der Waals surface area contributed by atoms with Crippen LogP contribution >= 0.6 is 0 Å². The second kappa shape index (κ2) is 4.57. The van der Waals surface area contributed by atoms with Crippen LogP contribution < -0.4 is 5.84 Å². The number of fused-ring (bicyclic) bond motifs is 1. The van der Waals surface area contributed by atoms with Crippen molar-refractivity contribution < 1.29 is 0 Å². The Morgan fingerprint density at radius 1 is 1.10 bits per heavy atom. The van der Waals surface area contributed by atoms with Gasteiger partial charge in [-0.05, 0) is 12.0 Å². The van der Waals surface area contributed by atoms with Gasteiger partial charge in [-0.2, -0.15) is 5.10 Å². The molecule has 0 saturated carbocycles. The Balaban J connectivity index is 1.73. The summed E-state index contributed by atoms with van der Waals surface area (Å²) in [6, 6.07) is 10.8. The molecule has 106 valence electrons. The summed E-state index contributed by atoms with van der Waals surface area (Å²) in [6.07, 6.45) is 1.06. The van der Waals surface area contributed by atoms with Gasteiger partial charge < -0.3 is 15.6 Å². The number of hydrogen-bond donors (Lipinski definition) is 1.